The van der Waals surface area contributed by atoms with Crippen molar-refractivity contribution in [1.82, 2.24) is 10.2 Å². The van der Waals surface area contributed by atoms with Crippen LogP contribution in [-0.4, -0.2) is 31.4 Å². The summed E-state index contributed by atoms with van der Waals surface area (Å²) >= 11 is 1.69. The maximum Gasteiger partial charge on any atom is 0.227 e. The molecule has 1 N–H and O–H groups in total. The van der Waals surface area contributed by atoms with Gasteiger partial charge >= 0.3 is 0 Å². The Morgan fingerprint density at radius 2 is 1.96 bits per heavy atom. The number of amides is 1. The quantitative estimate of drug-likeness (QED) is 0.835. The Morgan fingerprint density at radius 1 is 1.26 bits per heavy atom. The van der Waals surface area contributed by atoms with Crippen molar-refractivity contribution in [3.05, 3.63) is 58.0 Å². The summed E-state index contributed by atoms with van der Waals surface area (Å²) in [4.78, 5) is 15.9. The van der Waals surface area contributed by atoms with E-state index in [1.54, 1.807) is 23.5 Å². The number of likely N-dealkylation sites (N-methyl/N-ethyl adjacent to an activating group) is 1. The smallest absolute Gasteiger partial charge is 0.227 e. The molecule has 1 aromatic carbocycles. The van der Waals surface area contributed by atoms with Crippen LogP contribution in [-0.2, 0) is 4.79 Å². The third-order valence-electron chi connectivity index (χ3n) is 3.96. The highest BCUT2D eigenvalue weighted by atomic mass is 32.1. The van der Waals surface area contributed by atoms with Gasteiger partial charge in [0.25, 0.3) is 0 Å². The molecular weight excluding hydrogens is 311 g/mol. The first kappa shape index (κ1) is 17.6. The Hall–Kier alpha value is -1.72. The maximum atomic E-state index is 13.1. The van der Waals surface area contributed by atoms with Gasteiger partial charge in [0.2, 0.25) is 5.91 Å². The molecule has 1 amide bonds. The molecule has 0 saturated heterocycles. The van der Waals surface area contributed by atoms with Crippen LogP contribution in [0.5, 0.6) is 0 Å². The van der Waals surface area contributed by atoms with Crippen LogP contribution in [0.3, 0.4) is 0 Å². The van der Waals surface area contributed by atoms with Crippen molar-refractivity contribution in [2.24, 2.45) is 0 Å². The van der Waals surface area contributed by atoms with E-state index < -0.39 is 0 Å². The first-order chi connectivity index (χ1) is 11.0. The maximum absolute atomic E-state index is 13.1. The molecule has 5 heteroatoms. The van der Waals surface area contributed by atoms with Gasteiger partial charge in [-0.15, -0.1) is 11.3 Å². The lowest BCUT2D eigenvalue weighted by Crippen LogP contribution is -2.36. The molecule has 2 unspecified atom stereocenters. The van der Waals surface area contributed by atoms with Crippen molar-refractivity contribution in [2.75, 3.05) is 20.6 Å². The summed E-state index contributed by atoms with van der Waals surface area (Å²) in [6.45, 7) is 2.53. The molecule has 1 aromatic heterocycles. The van der Waals surface area contributed by atoms with E-state index in [-0.39, 0.29) is 23.7 Å². The average molecular weight is 334 g/mol. The molecule has 0 spiro atoms. The molecule has 0 aliphatic heterocycles. The van der Waals surface area contributed by atoms with Gasteiger partial charge in [0.1, 0.15) is 5.82 Å². The van der Waals surface area contributed by atoms with Gasteiger partial charge in [-0.2, -0.15) is 0 Å². The Labute approximate surface area is 141 Å². The lowest BCUT2D eigenvalue weighted by atomic mass is 9.95. The molecule has 2 rings (SSSR count). The molecule has 0 bridgehead atoms. The number of thiophene rings is 1. The van der Waals surface area contributed by atoms with Gasteiger partial charge in [-0.3, -0.25) is 4.79 Å². The second kappa shape index (κ2) is 8.22. The summed E-state index contributed by atoms with van der Waals surface area (Å²) in [6.07, 6.45) is 0.684. The Balaban J connectivity index is 2.03. The number of nitrogens with zero attached hydrogens (tertiary/aromatic N) is 1. The Morgan fingerprint density at radius 3 is 2.48 bits per heavy atom. The van der Waals surface area contributed by atoms with Gasteiger partial charge in [-0.05, 0) is 49.7 Å². The zero-order valence-corrected chi connectivity index (χ0v) is 14.6. The van der Waals surface area contributed by atoms with Crippen molar-refractivity contribution >= 4 is 17.2 Å². The fourth-order valence-electron chi connectivity index (χ4n) is 2.61. The largest absolute Gasteiger partial charge is 0.354 e. The van der Waals surface area contributed by atoms with Crippen molar-refractivity contribution in [2.45, 2.75) is 25.3 Å². The SMILES string of the molecule is CCC(C(=O)NCC(c1cccs1)N(C)C)c1ccc(F)cc1. The van der Waals surface area contributed by atoms with Crippen LogP contribution in [0, 0.1) is 5.82 Å². The molecule has 2 aromatic rings. The van der Waals surface area contributed by atoms with Gasteiger partial charge < -0.3 is 10.2 Å². The van der Waals surface area contributed by atoms with Gasteiger partial charge in [0.15, 0.2) is 0 Å². The van der Waals surface area contributed by atoms with E-state index in [0.717, 1.165) is 5.56 Å². The normalized spacial score (nSPS) is 13.8. The van der Waals surface area contributed by atoms with E-state index in [1.165, 1.54) is 17.0 Å². The number of hydrogen-bond acceptors (Lipinski definition) is 3. The van der Waals surface area contributed by atoms with Crippen molar-refractivity contribution < 1.29 is 9.18 Å². The number of nitrogens with one attached hydrogen (secondary N) is 1. The molecule has 23 heavy (non-hydrogen) atoms. The highest BCUT2D eigenvalue weighted by Crippen LogP contribution is 2.24. The topological polar surface area (TPSA) is 32.3 Å². The predicted octanol–water partition coefficient (Wildman–Crippen LogP) is 3.80. The lowest BCUT2D eigenvalue weighted by molar-refractivity contribution is -0.122. The molecule has 0 aliphatic rings. The summed E-state index contributed by atoms with van der Waals surface area (Å²) in [6, 6.07) is 10.4. The first-order valence-electron chi connectivity index (χ1n) is 7.76. The van der Waals surface area contributed by atoms with E-state index in [2.05, 4.69) is 16.3 Å². The number of rotatable bonds is 7. The van der Waals surface area contributed by atoms with Gasteiger partial charge in [0, 0.05) is 11.4 Å². The van der Waals surface area contributed by atoms with Crippen LogP contribution in [0.4, 0.5) is 4.39 Å². The van der Waals surface area contributed by atoms with Crippen LogP contribution in [0.15, 0.2) is 41.8 Å². The van der Waals surface area contributed by atoms with Crippen molar-refractivity contribution in [1.29, 1.82) is 0 Å². The van der Waals surface area contributed by atoms with Crippen LogP contribution >= 0.6 is 11.3 Å². The minimum atomic E-state index is -0.283. The summed E-state index contributed by atoms with van der Waals surface area (Å²) in [5.74, 6) is -0.543. The predicted molar refractivity (Wildman–Crippen MR) is 93.2 cm³/mol. The van der Waals surface area contributed by atoms with Crippen LogP contribution < -0.4 is 5.32 Å². The van der Waals surface area contributed by atoms with Gasteiger partial charge in [0.05, 0.1) is 12.0 Å². The molecule has 0 radical (unpaired) electrons. The van der Waals surface area contributed by atoms with Crippen molar-refractivity contribution in [3.8, 4) is 0 Å². The Kier molecular flexibility index (Phi) is 6.30. The molecule has 0 aliphatic carbocycles. The monoisotopic (exact) mass is 334 g/mol. The number of carbonyl (C=O) groups is 1. The summed E-state index contributed by atoms with van der Waals surface area (Å²) in [7, 11) is 4.02. The Bertz CT molecular complexity index is 610. The molecule has 0 saturated carbocycles. The first-order valence-corrected chi connectivity index (χ1v) is 8.64. The zero-order chi connectivity index (χ0) is 16.8. The fourth-order valence-corrected chi connectivity index (χ4v) is 3.53. The fraction of sp³-hybridized carbons (Fsp3) is 0.389. The number of halogens is 1. The lowest BCUT2D eigenvalue weighted by Gasteiger charge is -2.25. The van der Waals surface area contributed by atoms with Crippen molar-refractivity contribution in [3.63, 3.8) is 0 Å². The molecule has 2 atom stereocenters. The summed E-state index contributed by atoms with van der Waals surface area (Å²) in [5, 5.41) is 5.09. The second-order valence-electron chi connectivity index (χ2n) is 5.75. The average Bonchev–Trinajstić information content (AvgIpc) is 3.04. The van der Waals surface area contributed by atoms with Crippen LogP contribution in [0.25, 0.3) is 0 Å². The third-order valence-corrected chi connectivity index (χ3v) is 4.94. The zero-order valence-electron chi connectivity index (χ0n) is 13.8. The molecule has 3 nitrogen and oxygen atoms in total. The minimum Gasteiger partial charge on any atom is -0.354 e. The second-order valence-corrected chi connectivity index (χ2v) is 6.73. The van der Waals surface area contributed by atoms with Crippen LogP contribution in [0.1, 0.15) is 35.7 Å². The van der Waals surface area contributed by atoms with Crippen LogP contribution in [0.2, 0.25) is 0 Å². The van der Waals surface area contributed by atoms with E-state index in [9.17, 15) is 9.18 Å². The van der Waals surface area contributed by atoms with E-state index in [4.69, 9.17) is 0 Å². The number of benzene rings is 1. The molecular formula is C18H23FN2OS. The minimum absolute atomic E-state index is 0.0116. The number of carbonyl (C=O) groups excluding carboxylic acids is 1. The number of hydrogen-bond donors (Lipinski definition) is 1. The molecule has 0 fully saturated rings. The van der Waals surface area contributed by atoms with E-state index in [1.807, 2.05) is 32.5 Å². The van der Waals surface area contributed by atoms with Gasteiger partial charge in [-0.1, -0.05) is 25.1 Å². The highest BCUT2D eigenvalue weighted by molar-refractivity contribution is 7.10. The van der Waals surface area contributed by atoms with Gasteiger partial charge in [-0.25, -0.2) is 4.39 Å². The van der Waals surface area contributed by atoms with E-state index in [0.29, 0.717) is 13.0 Å². The van der Waals surface area contributed by atoms with E-state index >= 15 is 0 Å². The molecule has 1 heterocycles. The highest BCUT2D eigenvalue weighted by Gasteiger charge is 2.21. The molecule has 124 valence electrons. The summed E-state index contributed by atoms with van der Waals surface area (Å²) < 4.78 is 13.1. The standard InChI is InChI=1S/C18H23FN2OS/c1-4-15(13-7-9-14(19)10-8-13)18(22)20-12-16(21(2)3)17-6-5-11-23-17/h5-11,15-16H,4,12H2,1-3H3,(H,20,22). The third kappa shape index (κ3) is 4.62. The summed E-state index contributed by atoms with van der Waals surface area (Å²) in [5.41, 5.74) is 0.851.